The van der Waals surface area contributed by atoms with E-state index in [0.29, 0.717) is 19.8 Å². The van der Waals surface area contributed by atoms with Gasteiger partial charge in [0.05, 0.1) is 44.4 Å². The lowest BCUT2D eigenvalue weighted by atomic mass is 9.70. The Morgan fingerprint density at radius 3 is 0.702 bits per heavy atom. The van der Waals surface area contributed by atoms with Crippen molar-refractivity contribution in [1.82, 2.24) is 0 Å². The summed E-state index contributed by atoms with van der Waals surface area (Å²) in [6, 6.07) is 0. The summed E-state index contributed by atoms with van der Waals surface area (Å²) in [5.41, 5.74) is -4.63. The van der Waals surface area contributed by atoms with Gasteiger partial charge in [0.25, 0.3) is 0 Å². The lowest BCUT2D eigenvalue weighted by Gasteiger charge is -2.32. The second-order valence-electron chi connectivity index (χ2n) is 26.1. The van der Waals surface area contributed by atoms with Gasteiger partial charge in [-0.15, -0.1) is 0 Å². The molecule has 3 atom stereocenters. The molecule has 0 N–H and O–H groups in total. The van der Waals surface area contributed by atoms with E-state index in [-0.39, 0.29) is 0 Å². The van der Waals surface area contributed by atoms with E-state index in [2.05, 4.69) is 0 Å². The molecule has 0 radical (unpaired) electrons. The number of ketones is 14. The fourth-order valence-electron chi connectivity index (χ4n) is 7.14. The largest absolute Gasteiger partial charge is 0.461 e. The summed E-state index contributed by atoms with van der Waals surface area (Å²) in [6.07, 6.45) is -46.9. The van der Waals surface area contributed by atoms with Gasteiger partial charge in [-0.1, -0.05) is 83.1 Å². The molecule has 104 heavy (non-hydrogen) atoms. The van der Waals surface area contributed by atoms with Crippen LogP contribution in [0, 0.1) is 38.9 Å². The monoisotopic (exact) mass is 1600 g/mol. The van der Waals surface area contributed by atoms with E-state index in [0.717, 1.165) is 13.8 Å². The van der Waals surface area contributed by atoms with E-state index in [4.69, 9.17) is 0 Å². The summed E-state index contributed by atoms with van der Waals surface area (Å²) in [5, 5.41) is 0. The summed E-state index contributed by atoms with van der Waals surface area (Å²) in [7, 11) is 0. The molecule has 0 aliphatic heterocycles. The van der Waals surface area contributed by atoms with Gasteiger partial charge in [0, 0.05) is 21.7 Å². The molecular weight excluding hydrogens is 1540 g/mol. The minimum Gasteiger partial charge on any atom is -0.300 e. The molecule has 2 bridgehead atoms. The van der Waals surface area contributed by atoms with Crippen molar-refractivity contribution in [3.8, 4) is 0 Å². The Morgan fingerprint density at radius 1 is 0.308 bits per heavy atom. The van der Waals surface area contributed by atoms with Gasteiger partial charge in [-0.2, -0.15) is 145 Å². The van der Waals surface area contributed by atoms with Crippen LogP contribution in [0.2, 0.25) is 0 Å². The number of hydrogen-bond acceptors (Lipinski definition) is 14. The van der Waals surface area contributed by atoms with E-state index in [9.17, 15) is 212 Å². The Morgan fingerprint density at radius 2 is 0.519 bits per heavy atom. The maximum atomic E-state index is 12.9. The first-order valence-electron chi connectivity index (χ1n) is 27.8. The fourth-order valence-corrected chi connectivity index (χ4v) is 7.14. The summed E-state index contributed by atoms with van der Waals surface area (Å²) >= 11 is 0. The number of fused-ring (bicyclic) bond motifs is 2. The highest BCUT2D eigenvalue weighted by Gasteiger charge is 2.77. The molecule has 2 aliphatic rings. The van der Waals surface area contributed by atoms with E-state index < -0.39 is 237 Å². The maximum absolute atomic E-state index is 12.9. The number of hydrogen-bond donors (Lipinski definition) is 0. The molecule has 2 rings (SSSR count). The smallest absolute Gasteiger partial charge is 0.300 e. The van der Waals surface area contributed by atoms with Crippen LogP contribution < -0.4 is 0 Å². The van der Waals surface area contributed by atoms with Crippen LogP contribution in [0.3, 0.4) is 0 Å². The van der Waals surface area contributed by atoms with Crippen molar-refractivity contribution in [1.29, 1.82) is 0 Å². The molecular formula is C57H63F33O14. The van der Waals surface area contributed by atoms with Crippen LogP contribution in [0.1, 0.15) is 155 Å². The molecule has 0 heterocycles. The molecule has 0 aromatic carbocycles. The van der Waals surface area contributed by atoms with E-state index in [1.807, 2.05) is 0 Å². The quantitative estimate of drug-likeness (QED) is 0.0863. The van der Waals surface area contributed by atoms with Crippen LogP contribution >= 0.6 is 0 Å². The van der Waals surface area contributed by atoms with Gasteiger partial charge in [0.1, 0.15) is 40.5 Å². The van der Waals surface area contributed by atoms with E-state index >= 15 is 0 Å². The predicted molar refractivity (Wildman–Crippen MR) is 283 cm³/mol. The van der Waals surface area contributed by atoms with Crippen LogP contribution in [0.4, 0.5) is 145 Å². The van der Waals surface area contributed by atoms with Gasteiger partial charge in [0.15, 0.2) is 0 Å². The molecule has 0 aromatic heterocycles. The summed E-state index contributed by atoms with van der Waals surface area (Å²) in [6.45, 7) is 19.6. The SMILES string of the molecule is CC(=O)CC(=O)C(F)(F)C(F)(F)C(F)(F)F.CC(=O)CC(=O)C(F)(F)C(F)(F)F.CC(=O)CC(=O)C(F)(F)F.CC(C)(C)C(=O)CC(=O)C(F)(F)C(F)(F)C(F)(F)F.CC(C)(C)C(=O)CC(=O)C(F)(F)C(F)(F)F.CC(C)(C)C(=O)CC(=O)C(F)(F)F.CC12CCC(C(C(=O)C(F)(F)F)C1=O)C2(C)C. The lowest BCUT2D eigenvalue weighted by Crippen LogP contribution is -2.56. The standard InChI is InChI=1S/C12H15F3O2.C10H11F7O2.C9H11F5O2.C8H11F3O2.C7H5F7O2.C6H5F5O2.C5H5F3O2/c1-10(2)6-4-5-11(10,3)8(16)7(6)9(17)12(13,14)15;1-7(2,3)5(18)4-6(19)8(11,12)9(13,14)10(15,16)17;1-7(2,3)5(15)4-6(16)8(10,11)9(12,13)14;1-7(2,3)5(12)4-6(13)8(9,10)11;1-3(15)2-4(16)5(8,9)6(10,11)7(12,13)14;1-3(12)2-4(13)5(7,8)6(9,10)11;1-3(9)2-4(10)5(6,7)8/h6-7H,4-5H2,1-3H3;4H2,1-3H3;4H2,1-3H3;4H2,1-3H3;2H2,1H3;2H2,1H3;2H2,1H3. The van der Waals surface area contributed by atoms with Gasteiger partial charge in [-0.05, 0) is 44.9 Å². The molecule has 0 amide bonds. The molecule has 2 aliphatic carbocycles. The molecule has 14 nitrogen and oxygen atoms in total. The average Bonchev–Trinajstić information content (AvgIpc) is 1.52. The normalized spacial score (nSPS) is 17.6. The Hall–Kier alpha value is -6.93. The van der Waals surface area contributed by atoms with Gasteiger partial charge >= 0.3 is 78.8 Å². The minimum absolute atomic E-state index is 0.464. The van der Waals surface area contributed by atoms with Crippen LogP contribution in [-0.4, -0.2) is 160 Å². The summed E-state index contributed by atoms with van der Waals surface area (Å²) in [5.74, 6) is -60.3. The minimum atomic E-state index is -6.59. The summed E-state index contributed by atoms with van der Waals surface area (Å²) < 4.78 is 395. The van der Waals surface area contributed by atoms with E-state index in [1.165, 1.54) is 62.3 Å². The Kier molecular flexibility index (Phi) is 35.8. The number of alkyl halides is 33. The highest BCUT2D eigenvalue weighted by molar-refractivity contribution is 6.10. The topological polar surface area (TPSA) is 239 Å². The van der Waals surface area contributed by atoms with Crippen molar-refractivity contribution in [2.75, 3.05) is 0 Å². The first-order valence-corrected chi connectivity index (χ1v) is 27.8. The van der Waals surface area contributed by atoms with Crippen LogP contribution in [0.5, 0.6) is 0 Å². The zero-order valence-corrected chi connectivity index (χ0v) is 56.0. The van der Waals surface area contributed by atoms with Crippen molar-refractivity contribution in [2.45, 2.75) is 234 Å². The van der Waals surface area contributed by atoms with Crippen LogP contribution in [-0.2, 0) is 67.1 Å². The second kappa shape index (κ2) is 35.2. The van der Waals surface area contributed by atoms with Gasteiger partial charge in [0.2, 0.25) is 40.5 Å². The van der Waals surface area contributed by atoms with Gasteiger partial charge < -0.3 is 0 Å². The first-order chi connectivity index (χ1) is 44.7. The molecule has 2 saturated carbocycles. The van der Waals surface area contributed by atoms with Crippen molar-refractivity contribution >= 4 is 81.0 Å². The Bertz CT molecular complexity index is 3110. The third-order valence-corrected chi connectivity index (χ3v) is 14.0. The van der Waals surface area contributed by atoms with Gasteiger partial charge in [-0.25, -0.2) is 0 Å². The molecule has 2 fully saturated rings. The number of rotatable bonds is 19. The number of carbonyl (C=O) groups is 14. The number of Topliss-reactive ketones (excluding diaryl/α,β-unsaturated/α-hetero) is 14. The lowest BCUT2D eigenvalue weighted by molar-refractivity contribution is -0.343. The van der Waals surface area contributed by atoms with Crippen molar-refractivity contribution < 1.29 is 212 Å². The van der Waals surface area contributed by atoms with Crippen molar-refractivity contribution in [2.24, 2.45) is 38.9 Å². The average molecular weight is 1600 g/mol. The molecule has 47 heteroatoms. The molecule has 0 aromatic rings. The van der Waals surface area contributed by atoms with E-state index in [1.54, 1.807) is 20.8 Å². The zero-order chi connectivity index (χ0) is 85.9. The summed E-state index contributed by atoms with van der Waals surface area (Å²) in [4.78, 5) is 150. The van der Waals surface area contributed by atoms with Crippen LogP contribution in [0.15, 0.2) is 0 Å². The van der Waals surface area contributed by atoms with Crippen molar-refractivity contribution in [3.05, 3.63) is 0 Å². The molecule has 3 unspecified atom stereocenters. The van der Waals surface area contributed by atoms with Gasteiger partial charge in [-0.3, -0.25) is 67.1 Å². The maximum Gasteiger partial charge on any atom is 0.461 e. The second-order valence-corrected chi connectivity index (χ2v) is 26.1. The first kappa shape index (κ1) is 106. The Labute approximate surface area is 565 Å². The molecule has 0 spiro atoms. The third kappa shape index (κ3) is 29.1. The number of carbonyl (C=O) groups excluding carboxylic acids is 14. The fraction of sp³-hybridized carbons (Fsp3) is 0.754. The highest BCUT2D eigenvalue weighted by Crippen LogP contribution is 2.66. The Balaban J connectivity index is -0.000000369. The van der Waals surface area contributed by atoms with Crippen molar-refractivity contribution in [3.63, 3.8) is 0 Å². The number of halogens is 33. The molecule has 606 valence electrons. The van der Waals surface area contributed by atoms with Crippen LogP contribution in [0.25, 0.3) is 0 Å². The third-order valence-electron chi connectivity index (χ3n) is 14.0. The highest BCUT2D eigenvalue weighted by atomic mass is 19.5. The zero-order valence-electron chi connectivity index (χ0n) is 56.0. The molecule has 0 saturated heterocycles. The predicted octanol–water partition coefficient (Wildman–Crippen LogP) is 16.2.